The van der Waals surface area contributed by atoms with Crippen molar-refractivity contribution in [3.05, 3.63) is 16.6 Å². The van der Waals surface area contributed by atoms with Crippen molar-refractivity contribution in [1.29, 1.82) is 0 Å². The van der Waals surface area contributed by atoms with Crippen molar-refractivity contribution in [3.8, 4) is 0 Å². The Morgan fingerprint density at radius 3 is 3.36 bits per heavy atom. The Labute approximate surface area is 89.1 Å². The van der Waals surface area contributed by atoms with Crippen LogP contribution in [0.2, 0.25) is 0 Å². The van der Waals surface area contributed by atoms with E-state index in [1.165, 1.54) is 25.1 Å². The van der Waals surface area contributed by atoms with Crippen LogP contribution in [0.15, 0.2) is 10.9 Å². The van der Waals surface area contributed by atoms with E-state index < -0.39 is 0 Å². The molecular weight excluding hydrogens is 194 g/mol. The van der Waals surface area contributed by atoms with Gasteiger partial charge in [0.25, 0.3) is 0 Å². The molecule has 0 bridgehead atoms. The van der Waals surface area contributed by atoms with Crippen molar-refractivity contribution in [2.75, 3.05) is 20.1 Å². The molecule has 4 heteroatoms. The Morgan fingerprint density at radius 2 is 2.64 bits per heavy atom. The number of piperidine rings is 1. The molecule has 78 valence electrons. The average molecular weight is 211 g/mol. The number of likely N-dealkylation sites (N-methyl/N-ethyl adjacent to an activating group) is 1. The van der Waals surface area contributed by atoms with Crippen LogP contribution in [0.3, 0.4) is 0 Å². The predicted octanol–water partition coefficient (Wildman–Crippen LogP) is 1.33. The minimum Gasteiger partial charge on any atom is -0.316 e. The number of aromatic nitrogens is 1. The summed E-state index contributed by atoms with van der Waals surface area (Å²) in [6, 6.07) is 0.669. The molecule has 2 heterocycles. The molecule has 14 heavy (non-hydrogen) atoms. The van der Waals surface area contributed by atoms with Crippen molar-refractivity contribution in [2.45, 2.75) is 25.4 Å². The highest BCUT2D eigenvalue weighted by Crippen LogP contribution is 2.13. The summed E-state index contributed by atoms with van der Waals surface area (Å²) in [5.74, 6) is 0. The fourth-order valence-electron chi connectivity index (χ4n) is 1.98. The molecule has 0 aliphatic carbocycles. The fraction of sp³-hybridized carbons (Fsp3) is 0.700. The molecule has 1 unspecified atom stereocenters. The van der Waals surface area contributed by atoms with Crippen LogP contribution in [-0.2, 0) is 6.54 Å². The van der Waals surface area contributed by atoms with Gasteiger partial charge in [0.2, 0.25) is 0 Å². The van der Waals surface area contributed by atoms with E-state index in [4.69, 9.17) is 0 Å². The van der Waals surface area contributed by atoms with E-state index in [-0.39, 0.29) is 0 Å². The van der Waals surface area contributed by atoms with Crippen LogP contribution < -0.4 is 5.32 Å². The summed E-state index contributed by atoms with van der Waals surface area (Å²) in [6.45, 7) is 3.39. The zero-order valence-corrected chi connectivity index (χ0v) is 9.39. The lowest BCUT2D eigenvalue weighted by Gasteiger charge is -2.31. The molecule has 3 nitrogen and oxygen atoms in total. The summed E-state index contributed by atoms with van der Waals surface area (Å²) in [7, 11) is 2.05. The number of hydrogen-bond acceptors (Lipinski definition) is 4. The summed E-state index contributed by atoms with van der Waals surface area (Å²) in [5, 5.41) is 5.50. The Bertz CT molecular complexity index is 260. The zero-order valence-electron chi connectivity index (χ0n) is 8.57. The van der Waals surface area contributed by atoms with Gasteiger partial charge in [-0.3, -0.25) is 4.90 Å². The maximum Gasteiger partial charge on any atom is 0.0795 e. The summed E-state index contributed by atoms with van der Waals surface area (Å²) in [4.78, 5) is 6.80. The molecule has 2 rings (SSSR count). The molecule has 1 N–H and O–H groups in total. The van der Waals surface area contributed by atoms with E-state index in [0.29, 0.717) is 6.04 Å². The molecule has 1 atom stereocenters. The van der Waals surface area contributed by atoms with Crippen molar-refractivity contribution >= 4 is 11.3 Å². The Kier molecular flexibility index (Phi) is 3.50. The monoisotopic (exact) mass is 211 g/mol. The number of nitrogens with one attached hydrogen (secondary N) is 1. The second-order valence-electron chi connectivity index (χ2n) is 3.84. The van der Waals surface area contributed by atoms with Crippen LogP contribution in [0.25, 0.3) is 0 Å². The molecular formula is C10H17N3S. The lowest BCUT2D eigenvalue weighted by molar-refractivity contribution is 0.186. The normalized spacial score (nSPS) is 23.9. The van der Waals surface area contributed by atoms with E-state index >= 15 is 0 Å². The molecule has 0 radical (unpaired) electrons. The van der Waals surface area contributed by atoms with Gasteiger partial charge in [-0.2, -0.15) is 0 Å². The quantitative estimate of drug-likeness (QED) is 0.817. The predicted molar refractivity (Wildman–Crippen MR) is 59.5 cm³/mol. The van der Waals surface area contributed by atoms with E-state index in [9.17, 15) is 0 Å². The first-order valence-corrected chi connectivity index (χ1v) is 6.09. The van der Waals surface area contributed by atoms with Gasteiger partial charge >= 0.3 is 0 Å². The number of hydrogen-bond donors (Lipinski definition) is 1. The van der Waals surface area contributed by atoms with Crippen LogP contribution in [0.1, 0.15) is 18.5 Å². The molecule has 1 aliphatic heterocycles. The average Bonchev–Trinajstić information content (AvgIpc) is 2.71. The van der Waals surface area contributed by atoms with Gasteiger partial charge in [-0.1, -0.05) is 0 Å². The highest BCUT2D eigenvalue weighted by molar-refractivity contribution is 7.07. The molecule has 0 amide bonds. The molecule has 1 aliphatic rings. The molecule has 0 spiro atoms. The third kappa shape index (κ3) is 2.53. The van der Waals surface area contributed by atoms with Crippen LogP contribution in [0, 0.1) is 0 Å². The lowest BCUT2D eigenvalue weighted by atomic mass is 10.1. The van der Waals surface area contributed by atoms with Crippen LogP contribution in [0.4, 0.5) is 0 Å². The Morgan fingerprint density at radius 1 is 1.71 bits per heavy atom. The molecule has 1 fully saturated rings. The summed E-state index contributed by atoms with van der Waals surface area (Å²) in [6.07, 6.45) is 2.61. The maximum atomic E-state index is 4.32. The number of rotatable bonds is 3. The molecule has 0 saturated carbocycles. The maximum absolute atomic E-state index is 4.32. The summed E-state index contributed by atoms with van der Waals surface area (Å²) in [5.41, 5.74) is 3.13. The van der Waals surface area contributed by atoms with E-state index in [2.05, 4.69) is 27.6 Å². The van der Waals surface area contributed by atoms with Crippen LogP contribution in [-0.4, -0.2) is 36.1 Å². The highest BCUT2D eigenvalue weighted by atomic mass is 32.1. The molecule has 1 aromatic heterocycles. The summed E-state index contributed by atoms with van der Waals surface area (Å²) < 4.78 is 0. The third-order valence-corrected chi connectivity index (χ3v) is 3.42. The van der Waals surface area contributed by atoms with Crippen molar-refractivity contribution in [2.24, 2.45) is 0 Å². The van der Waals surface area contributed by atoms with Gasteiger partial charge in [-0.05, 0) is 26.4 Å². The van der Waals surface area contributed by atoms with Crippen molar-refractivity contribution in [1.82, 2.24) is 15.2 Å². The van der Waals surface area contributed by atoms with Crippen LogP contribution in [0.5, 0.6) is 0 Å². The van der Waals surface area contributed by atoms with Gasteiger partial charge < -0.3 is 5.32 Å². The standard InChI is InChI=1S/C10H17N3S/c1-11-9-3-2-4-13(5-9)6-10-7-14-8-12-10/h7-9,11H,2-6H2,1H3. The van der Waals surface area contributed by atoms with Gasteiger partial charge in [-0.15, -0.1) is 11.3 Å². The van der Waals surface area contributed by atoms with Gasteiger partial charge in [0, 0.05) is 24.5 Å². The Balaban J connectivity index is 1.86. The minimum absolute atomic E-state index is 0.669. The second kappa shape index (κ2) is 4.87. The molecule has 0 aromatic carbocycles. The van der Waals surface area contributed by atoms with E-state index in [1.54, 1.807) is 11.3 Å². The number of thiazole rings is 1. The smallest absolute Gasteiger partial charge is 0.0795 e. The van der Waals surface area contributed by atoms with E-state index in [1.807, 2.05) is 5.51 Å². The Hall–Kier alpha value is -0.450. The number of nitrogens with zero attached hydrogens (tertiary/aromatic N) is 2. The topological polar surface area (TPSA) is 28.2 Å². The summed E-state index contributed by atoms with van der Waals surface area (Å²) >= 11 is 1.68. The largest absolute Gasteiger partial charge is 0.316 e. The first-order valence-electron chi connectivity index (χ1n) is 5.15. The van der Waals surface area contributed by atoms with Gasteiger partial charge in [0.1, 0.15) is 0 Å². The lowest BCUT2D eigenvalue weighted by Crippen LogP contribution is -2.43. The van der Waals surface area contributed by atoms with Crippen molar-refractivity contribution in [3.63, 3.8) is 0 Å². The van der Waals surface area contributed by atoms with Gasteiger partial charge in [0.15, 0.2) is 0 Å². The zero-order chi connectivity index (χ0) is 9.80. The second-order valence-corrected chi connectivity index (χ2v) is 4.56. The number of likely N-dealkylation sites (tertiary alicyclic amines) is 1. The van der Waals surface area contributed by atoms with Gasteiger partial charge in [-0.25, -0.2) is 4.98 Å². The van der Waals surface area contributed by atoms with E-state index in [0.717, 1.165) is 13.1 Å². The van der Waals surface area contributed by atoms with Crippen LogP contribution >= 0.6 is 11.3 Å². The first-order chi connectivity index (χ1) is 6.88. The highest BCUT2D eigenvalue weighted by Gasteiger charge is 2.18. The SMILES string of the molecule is CNC1CCCN(Cc2cscn2)C1. The first kappa shape index (κ1) is 10.1. The van der Waals surface area contributed by atoms with Crippen molar-refractivity contribution < 1.29 is 0 Å². The fourth-order valence-corrected chi connectivity index (χ4v) is 2.53. The molecule has 1 saturated heterocycles. The van der Waals surface area contributed by atoms with Gasteiger partial charge in [0.05, 0.1) is 11.2 Å². The minimum atomic E-state index is 0.669. The molecule has 1 aromatic rings. The third-order valence-electron chi connectivity index (χ3n) is 2.78.